The molecule has 0 amide bonds. The molecule has 0 aliphatic carbocycles. The van der Waals surface area contributed by atoms with Crippen LogP contribution in [0.5, 0.6) is 0 Å². The Morgan fingerprint density at radius 3 is 2.29 bits per heavy atom. The highest BCUT2D eigenvalue weighted by molar-refractivity contribution is 5.43. The Morgan fingerprint density at radius 2 is 1.54 bits per heavy atom. The van der Waals surface area contributed by atoms with Crippen LogP contribution in [0.15, 0.2) is 78.9 Å². The molecule has 3 aromatic carbocycles. The van der Waals surface area contributed by atoms with Gasteiger partial charge in [-0.2, -0.15) is 0 Å². The standard InChI is InChI=1S/C23H23N/c1-18-9-8-14-22-21(18)15-16-24(17-19-10-4-2-5-11-19)23(22)20-12-6-3-7-13-20/h2-14,23H,15-17H2,1H3/t23-/m1/s1. The van der Waals surface area contributed by atoms with Crippen LogP contribution >= 0.6 is 0 Å². The van der Waals surface area contributed by atoms with Crippen molar-refractivity contribution in [1.82, 2.24) is 4.90 Å². The zero-order valence-electron chi connectivity index (χ0n) is 14.2. The van der Waals surface area contributed by atoms with E-state index in [-0.39, 0.29) is 0 Å². The highest BCUT2D eigenvalue weighted by atomic mass is 15.2. The summed E-state index contributed by atoms with van der Waals surface area (Å²) in [6, 6.07) is 28.9. The van der Waals surface area contributed by atoms with E-state index in [9.17, 15) is 0 Å². The first-order chi connectivity index (χ1) is 11.8. The van der Waals surface area contributed by atoms with E-state index in [1.807, 2.05) is 0 Å². The topological polar surface area (TPSA) is 3.24 Å². The van der Waals surface area contributed by atoms with Gasteiger partial charge in [-0.1, -0.05) is 78.9 Å². The second-order valence-corrected chi connectivity index (χ2v) is 6.66. The average Bonchev–Trinajstić information content (AvgIpc) is 2.63. The van der Waals surface area contributed by atoms with Crippen molar-refractivity contribution in [1.29, 1.82) is 0 Å². The van der Waals surface area contributed by atoms with Gasteiger partial charge in [0.15, 0.2) is 0 Å². The van der Waals surface area contributed by atoms with Crippen molar-refractivity contribution in [2.24, 2.45) is 0 Å². The van der Waals surface area contributed by atoms with Crippen LogP contribution < -0.4 is 0 Å². The SMILES string of the molecule is Cc1cccc2c1CCN(Cc1ccccc1)[C@@H]2c1ccccc1. The molecule has 1 heteroatoms. The summed E-state index contributed by atoms with van der Waals surface area (Å²) < 4.78 is 0. The molecular weight excluding hydrogens is 290 g/mol. The highest BCUT2D eigenvalue weighted by Crippen LogP contribution is 2.37. The van der Waals surface area contributed by atoms with E-state index in [1.165, 1.54) is 27.8 Å². The van der Waals surface area contributed by atoms with Crippen molar-refractivity contribution < 1.29 is 0 Å². The number of hydrogen-bond acceptors (Lipinski definition) is 1. The summed E-state index contributed by atoms with van der Waals surface area (Å²) in [6.45, 7) is 4.34. The van der Waals surface area contributed by atoms with Gasteiger partial charge in [0.2, 0.25) is 0 Å². The monoisotopic (exact) mass is 313 g/mol. The maximum Gasteiger partial charge on any atom is 0.0607 e. The Labute approximate surface area is 144 Å². The Morgan fingerprint density at radius 1 is 0.833 bits per heavy atom. The molecule has 120 valence electrons. The molecule has 0 bridgehead atoms. The van der Waals surface area contributed by atoms with Crippen molar-refractivity contribution in [3.63, 3.8) is 0 Å². The van der Waals surface area contributed by atoms with Gasteiger partial charge in [0, 0.05) is 13.1 Å². The predicted molar refractivity (Wildman–Crippen MR) is 100 cm³/mol. The molecule has 0 fully saturated rings. The lowest BCUT2D eigenvalue weighted by Crippen LogP contribution is -2.36. The van der Waals surface area contributed by atoms with E-state index in [0.29, 0.717) is 6.04 Å². The summed E-state index contributed by atoms with van der Waals surface area (Å²) in [7, 11) is 0. The number of rotatable bonds is 3. The fourth-order valence-electron chi connectivity index (χ4n) is 3.92. The molecule has 0 saturated heterocycles. The van der Waals surface area contributed by atoms with Gasteiger partial charge in [0.05, 0.1) is 6.04 Å². The van der Waals surface area contributed by atoms with Gasteiger partial charge >= 0.3 is 0 Å². The number of hydrogen-bond donors (Lipinski definition) is 0. The van der Waals surface area contributed by atoms with Crippen LogP contribution in [0.3, 0.4) is 0 Å². The van der Waals surface area contributed by atoms with Gasteiger partial charge in [-0.25, -0.2) is 0 Å². The molecule has 0 saturated carbocycles. The van der Waals surface area contributed by atoms with Crippen molar-refractivity contribution in [2.75, 3.05) is 6.54 Å². The summed E-state index contributed by atoms with van der Waals surface area (Å²) in [5.41, 5.74) is 7.21. The minimum atomic E-state index is 0.343. The van der Waals surface area contributed by atoms with Gasteiger partial charge in [0.25, 0.3) is 0 Å². The van der Waals surface area contributed by atoms with Crippen LogP contribution in [-0.2, 0) is 13.0 Å². The minimum absolute atomic E-state index is 0.343. The van der Waals surface area contributed by atoms with Crippen LogP contribution in [0, 0.1) is 6.92 Å². The predicted octanol–water partition coefficient (Wildman–Crippen LogP) is 5.14. The maximum absolute atomic E-state index is 2.62. The van der Waals surface area contributed by atoms with Gasteiger partial charge in [-0.05, 0) is 41.2 Å². The van der Waals surface area contributed by atoms with Crippen molar-refractivity contribution >= 4 is 0 Å². The smallest absolute Gasteiger partial charge is 0.0607 e. The zero-order chi connectivity index (χ0) is 16.4. The van der Waals surface area contributed by atoms with Crippen molar-refractivity contribution in [2.45, 2.75) is 25.9 Å². The molecule has 0 radical (unpaired) electrons. The van der Waals surface area contributed by atoms with E-state index < -0.39 is 0 Å². The maximum atomic E-state index is 2.62. The Bertz CT molecular complexity index is 808. The molecule has 1 nitrogen and oxygen atoms in total. The quantitative estimate of drug-likeness (QED) is 0.647. The Hall–Kier alpha value is -2.38. The molecule has 0 N–H and O–H groups in total. The van der Waals surface area contributed by atoms with E-state index in [1.54, 1.807) is 0 Å². The summed E-state index contributed by atoms with van der Waals surface area (Å²) >= 11 is 0. The van der Waals surface area contributed by atoms with Gasteiger partial charge in [-0.15, -0.1) is 0 Å². The van der Waals surface area contributed by atoms with E-state index >= 15 is 0 Å². The van der Waals surface area contributed by atoms with Gasteiger partial charge in [0.1, 0.15) is 0 Å². The first-order valence-electron chi connectivity index (χ1n) is 8.74. The van der Waals surface area contributed by atoms with Crippen LogP contribution in [0.4, 0.5) is 0 Å². The van der Waals surface area contributed by atoms with Crippen LogP contribution in [0.2, 0.25) is 0 Å². The molecule has 0 unspecified atom stereocenters. The largest absolute Gasteiger partial charge is 0.288 e. The molecule has 1 aliphatic heterocycles. The Balaban J connectivity index is 1.76. The number of nitrogens with zero attached hydrogens (tertiary/aromatic N) is 1. The lowest BCUT2D eigenvalue weighted by molar-refractivity contribution is 0.204. The van der Waals surface area contributed by atoms with Crippen molar-refractivity contribution in [3.05, 3.63) is 107 Å². The van der Waals surface area contributed by atoms with Crippen LogP contribution in [0.1, 0.15) is 33.9 Å². The molecule has 1 heterocycles. The van der Waals surface area contributed by atoms with E-state index in [4.69, 9.17) is 0 Å². The average molecular weight is 313 g/mol. The number of benzene rings is 3. The second kappa shape index (κ2) is 6.62. The molecule has 1 atom stereocenters. The molecule has 0 aromatic heterocycles. The number of aryl methyl sites for hydroxylation is 1. The lowest BCUT2D eigenvalue weighted by atomic mass is 9.85. The molecule has 3 aromatic rings. The fourth-order valence-corrected chi connectivity index (χ4v) is 3.92. The van der Waals surface area contributed by atoms with E-state index in [0.717, 1.165) is 19.5 Å². The van der Waals surface area contributed by atoms with Gasteiger partial charge in [-0.3, -0.25) is 4.90 Å². The van der Waals surface area contributed by atoms with Crippen molar-refractivity contribution in [3.8, 4) is 0 Å². The van der Waals surface area contributed by atoms with E-state index in [2.05, 4.69) is 90.7 Å². The summed E-state index contributed by atoms with van der Waals surface area (Å²) in [4.78, 5) is 2.62. The first-order valence-corrected chi connectivity index (χ1v) is 8.74. The van der Waals surface area contributed by atoms with Crippen LogP contribution in [0.25, 0.3) is 0 Å². The molecule has 4 rings (SSSR count). The normalized spacial score (nSPS) is 17.5. The highest BCUT2D eigenvalue weighted by Gasteiger charge is 2.29. The van der Waals surface area contributed by atoms with Gasteiger partial charge < -0.3 is 0 Å². The lowest BCUT2D eigenvalue weighted by Gasteiger charge is -2.38. The second-order valence-electron chi connectivity index (χ2n) is 6.66. The third kappa shape index (κ3) is 2.88. The summed E-state index contributed by atoms with van der Waals surface area (Å²) in [6.07, 6.45) is 1.14. The third-order valence-corrected chi connectivity index (χ3v) is 5.10. The number of fused-ring (bicyclic) bond motifs is 1. The Kier molecular flexibility index (Phi) is 4.18. The van der Waals surface area contributed by atoms with Crippen LogP contribution in [-0.4, -0.2) is 11.4 Å². The summed E-state index contributed by atoms with van der Waals surface area (Å²) in [5, 5.41) is 0. The fraction of sp³-hybridized carbons (Fsp3) is 0.217. The third-order valence-electron chi connectivity index (χ3n) is 5.10. The first kappa shape index (κ1) is 15.2. The minimum Gasteiger partial charge on any atom is -0.288 e. The summed E-state index contributed by atoms with van der Waals surface area (Å²) in [5.74, 6) is 0. The molecule has 0 spiro atoms. The molecule has 24 heavy (non-hydrogen) atoms. The zero-order valence-corrected chi connectivity index (χ0v) is 14.2. The molecule has 1 aliphatic rings. The molecular formula is C23H23N.